The maximum Gasteiger partial charge on any atom is 0.238 e. The van der Waals surface area contributed by atoms with Crippen LogP contribution >= 0.6 is 11.6 Å². The second-order valence-corrected chi connectivity index (χ2v) is 8.18. The fraction of sp³-hybridized carbons (Fsp3) is 0.154. The fourth-order valence-electron chi connectivity index (χ4n) is 4.80. The number of allylic oxidation sites excluding steroid dienone is 2. The highest BCUT2D eigenvalue weighted by Crippen LogP contribution is 2.50. The van der Waals surface area contributed by atoms with E-state index in [2.05, 4.69) is 12.2 Å². The first kappa shape index (κ1) is 18.8. The van der Waals surface area contributed by atoms with Crippen LogP contribution < -0.4 is 4.90 Å². The smallest absolute Gasteiger partial charge is 0.238 e. The zero-order valence-corrected chi connectivity index (χ0v) is 16.9. The third-order valence-corrected chi connectivity index (χ3v) is 6.48. The van der Waals surface area contributed by atoms with Gasteiger partial charge in [0.05, 0.1) is 22.5 Å². The molecule has 2 amide bonds. The number of carbonyl (C=O) groups is 2. The lowest BCUT2D eigenvalue weighted by Gasteiger charge is -2.32. The van der Waals surface area contributed by atoms with E-state index in [0.717, 1.165) is 11.1 Å². The summed E-state index contributed by atoms with van der Waals surface area (Å²) in [4.78, 5) is 28.7. The molecule has 0 radical (unpaired) electrons. The number of nitrogens with zero attached hydrogens (tertiary/aromatic N) is 1. The summed E-state index contributed by atoms with van der Waals surface area (Å²) in [5, 5.41) is 0.401. The van der Waals surface area contributed by atoms with Gasteiger partial charge in [0.25, 0.3) is 0 Å². The van der Waals surface area contributed by atoms with Gasteiger partial charge < -0.3 is 0 Å². The third kappa shape index (κ3) is 2.98. The van der Waals surface area contributed by atoms with Crippen LogP contribution in [-0.2, 0) is 9.59 Å². The minimum Gasteiger partial charge on any atom is -0.274 e. The van der Waals surface area contributed by atoms with Crippen molar-refractivity contribution in [2.75, 3.05) is 4.90 Å². The van der Waals surface area contributed by atoms with Crippen molar-refractivity contribution in [3.63, 3.8) is 0 Å². The van der Waals surface area contributed by atoms with Crippen LogP contribution in [0.15, 0.2) is 97.1 Å². The summed E-state index contributed by atoms with van der Waals surface area (Å²) < 4.78 is 0. The zero-order chi connectivity index (χ0) is 20.7. The molecule has 0 unspecified atom stereocenters. The number of para-hydroxylation sites is 1. The van der Waals surface area contributed by atoms with E-state index in [9.17, 15) is 9.59 Å². The van der Waals surface area contributed by atoms with Crippen LogP contribution in [-0.4, -0.2) is 11.8 Å². The van der Waals surface area contributed by atoms with E-state index in [1.54, 1.807) is 24.3 Å². The summed E-state index contributed by atoms with van der Waals surface area (Å²) in [6.45, 7) is 0. The molecule has 1 aliphatic carbocycles. The van der Waals surface area contributed by atoms with Gasteiger partial charge in [0.2, 0.25) is 11.8 Å². The molecule has 30 heavy (non-hydrogen) atoms. The SMILES string of the molecule is O=C1[C@H]2[C@H](C(=O)N1c1ccccc1Cl)[C@H](c1ccccc1)C=C[C@H]2c1ccccc1. The lowest BCUT2D eigenvalue weighted by molar-refractivity contribution is -0.122. The molecule has 4 atom stereocenters. The topological polar surface area (TPSA) is 37.4 Å². The van der Waals surface area contributed by atoms with Gasteiger partial charge in [-0.3, -0.25) is 9.59 Å². The van der Waals surface area contributed by atoms with Crippen LogP contribution in [0.4, 0.5) is 5.69 Å². The molecule has 2 aliphatic rings. The minimum atomic E-state index is -0.466. The van der Waals surface area contributed by atoms with Crippen molar-refractivity contribution in [1.29, 1.82) is 0 Å². The summed E-state index contributed by atoms with van der Waals surface area (Å²) >= 11 is 6.38. The Kier molecular flexibility index (Phi) is 4.76. The molecular weight excluding hydrogens is 394 g/mol. The quantitative estimate of drug-likeness (QED) is 0.415. The summed E-state index contributed by atoms with van der Waals surface area (Å²) in [7, 11) is 0. The lowest BCUT2D eigenvalue weighted by atomic mass is 9.68. The van der Waals surface area contributed by atoms with E-state index < -0.39 is 11.8 Å². The molecule has 1 heterocycles. The largest absolute Gasteiger partial charge is 0.274 e. The van der Waals surface area contributed by atoms with Gasteiger partial charge in [-0.15, -0.1) is 0 Å². The normalized spacial score (nSPS) is 25.4. The summed E-state index contributed by atoms with van der Waals surface area (Å²) in [6.07, 6.45) is 4.19. The van der Waals surface area contributed by atoms with Crippen molar-refractivity contribution in [2.24, 2.45) is 11.8 Å². The Labute approximate surface area is 180 Å². The van der Waals surface area contributed by atoms with Crippen molar-refractivity contribution < 1.29 is 9.59 Å². The highest BCUT2D eigenvalue weighted by Gasteiger charge is 2.55. The first-order valence-electron chi connectivity index (χ1n) is 10.1. The highest BCUT2D eigenvalue weighted by molar-refractivity contribution is 6.36. The Balaban J connectivity index is 1.65. The second-order valence-electron chi connectivity index (χ2n) is 7.77. The van der Waals surface area contributed by atoms with Crippen LogP contribution in [0.2, 0.25) is 5.02 Å². The Morgan fingerprint density at radius 3 is 1.50 bits per heavy atom. The monoisotopic (exact) mass is 413 g/mol. The molecule has 0 saturated carbocycles. The molecule has 1 aliphatic heterocycles. The molecule has 0 spiro atoms. The maximum atomic E-state index is 13.7. The molecule has 148 valence electrons. The van der Waals surface area contributed by atoms with Crippen LogP contribution in [0, 0.1) is 11.8 Å². The first-order valence-corrected chi connectivity index (χ1v) is 10.4. The van der Waals surface area contributed by atoms with Crippen molar-refractivity contribution in [3.8, 4) is 0 Å². The number of hydrogen-bond acceptors (Lipinski definition) is 2. The number of hydrogen-bond donors (Lipinski definition) is 0. The van der Waals surface area contributed by atoms with E-state index in [-0.39, 0.29) is 23.7 Å². The van der Waals surface area contributed by atoms with Crippen molar-refractivity contribution in [3.05, 3.63) is 113 Å². The van der Waals surface area contributed by atoms with Gasteiger partial charge in [-0.1, -0.05) is 96.5 Å². The average Bonchev–Trinajstić information content (AvgIpc) is 3.06. The molecule has 3 aromatic rings. The van der Waals surface area contributed by atoms with Crippen molar-refractivity contribution >= 4 is 29.1 Å². The van der Waals surface area contributed by atoms with Gasteiger partial charge in [0, 0.05) is 11.8 Å². The Morgan fingerprint density at radius 1 is 0.600 bits per heavy atom. The van der Waals surface area contributed by atoms with Crippen LogP contribution in [0.5, 0.6) is 0 Å². The summed E-state index contributed by atoms with van der Waals surface area (Å²) in [5.74, 6) is -1.60. The average molecular weight is 414 g/mol. The number of fused-ring (bicyclic) bond motifs is 1. The first-order chi connectivity index (χ1) is 14.7. The molecule has 1 saturated heterocycles. The summed E-state index contributed by atoms with van der Waals surface area (Å²) in [5.41, 5.74) is 2.54. The summed E-state index contributed by atoms with van der Waals surface area (Å²) in [6, 6.07) is 26.9. The lowest BCUT2D eigenvalue weighted by Crippen LogP contribution is -2.31. The number of amides is 2. The minimum absolute atomic E-state index is 0.153. The molecule has 0 bridgehead atoms. The predicted molar refractivity (Wildman–Crippen MR) is 118 cm³/mol. The van der Waals surface area contributed by atoms with Gasteiger partial charge in [-0.25, -0.2) is 4.90 Å². The number of imide groups is 1. The third-order valence-electron chi connectivity index (χ3n) is 6.16. The van der Waals surface area contributed by atoms with Gasteiger partial charge in [-0.05, 0) is 23.3 Å². The Bertz CT molecular complexity index is 1060. The maximum absolute atomic E-state index is 13.7. The second kappa shape index (κ2) is 7.58. The molecule has 0 aromatic heterocycles. The number of rotatable bonds is 3. The zero-order valence-electron chi connectivity index (χ0n) is 16.2. The van der Waals surface area contributed by atoms with Crippen molar-refractivity contribution in [2.45, 2.75) is 11.8 Å². The van der Waals surface area contributed by atoms with Crippen LogP contribution in [0.1, 0.15) is 23.0 Å². The number of halogens is 1. The molecule has 3 nitrogen and oxygen atoms in total. The van der Waals surface area contributed by atoms with Crippen molar-refractivity contribution in [1.82, 2.24) is 0 Å². The number of anilines is 1. The van der Waals surface area contributed by atoms with Gasteiger partial charge in [0.15, 0.2) is 0 Å². The van der Waals surface area contributed by atoms with E-state index in [1.165, 1.54) is 4.90 Å². The number of benzene rings is 3. The number of carbonyl (C=O) groups excluding carboxylic acids is 2. The molecular formula is C26H20ClNO2. The fourth-order valence-corrected chi connectivity index (χ4v) is 5.02. The molecule has 4 heteroatoms. The van der Waals surface area contributed by atoms with Crippen LogP contribution in [0.25, 0.3) is 0 Å². The van der Waals surface area contributed by atoms with Crippen LogP contribution in [0.3, 0.4) is 0 Å². The van der Waals surface area contributed by atoms with Gasteiger partial charge in [0.1, 0.15) is 0 Å². The highest BCUT2D eigenvalue weighted by atomic mass is 35.5. The van der Waals surface area contributed by atoms with E-state index in [0.29, 0.717) is 10.7 Å². The molecule has 0 N–H and O–H groups in total. The van der Waals surface area contributed by atoms with E-state index in [1.807, 2.05) is 60.7 Å². The van der Waals surface area contributed by atoms with Gasteiger partial charge in [-0.2, -0.15) is 0 Å². The van der Waals surface area contributed by atoms with E-state index >= 15 is 0 Å². The Hall–Kier alpha value is -3.17. The molecule has 1 fully saturated rings. The Morgan fingerprint density at radius 2 is 1.03 bits per heavy atom. The van der Waals surface area contributed by atoms with E-state index in [4.69, 9.17) is 11.6 Å². The molecule has 3 aromatic carbocycles. The molecule has 5 rings (SSSR count). The predicted octanol–water partition coefficient (Wildman–Crippen LogP) is 5.58. The standard InChI is InChI=1S/C26H20ClNO2/c27-21-13-7-8-14-22(21)28-25(29)23-19(17-9-3-1-4-10-17)15-16-20(24(23)26(28)30)18-11-5-2-6-12-18/h1-16,19-20,23-24H/t19-,20-,23+,24+/m0/s1. The van der Waals surface area contributed by atoms with Gasteiger partial charge >= 0.3 is 0 Å².